The molecule has 0 spiro atoms. The zero-order valence-corrected chi connectivity index (χ0v) is 6.28. The van der Waals surface area contributed by atoms with Crippen LogP contribution in [0.4, 0.5) is 0 Å². The highest BCUT2D eigenvalue weighted by Gasteiger charge is 2.16. The molecule has 3 heteroatoms. The van der Waals surface area contributed by atoms with Gasteiger partial charge in [-0.15, -0.1) is 0 Å². The van der Waals surface area contributed by atoms with Crippen LogP contribution < -0.4 is 9.47 Å². The molecule has 0 N–H and O–H groups in total. The van der Waals surface area contributed by atoms with Crippen molar-refractivity contribution in [1.82, 2.24) is 4.98 Å². The smallest absolute Gasteiger partial charge is 0.257 e. The summed E-state index contributed by atoms with van der Waals surface area (Å²) in [5.41, 5.74) is 0. The number of fused-ring (bicyclic) bond motifs is 1. The number of rotatable bonds is 0. The lowest BCUT2D eigenvalue weighted by atomic mass is 10.3. The van der Waals surface area contributed by atoms with Crippen molar-refractivity contribution in [2.24, 2.45) is 0 Å². The lowest BCUT2D eigenvalue weighted by Crippen LogP contribution is -2.26. The fourth-order valence-corrected chi connectivity index (χ4v) is 1.01. The molecule has 0 saturated heterocycles. The van der Waals surface area contributed by atoms with E-state index in [0.717, 1.165) is 5.75 Å². The summed E-state index contributed by atoms with van der Waals surface area (Å²) in [6.07, 6.45) is 1.80. The molecule has 2 rings (SSSR count). The second-order valence-electron chi connectivity index (χ2n) is 2.55. The van der Waals surface area contributed by atoms with Crippen LogP contribution in [0.2, 0.25) is 0 Å². The van der Waals surface area contributed by atoms with Crippen LogP contribution >= 0.6 is 0 Å². The molecule has 3 nitrogen and oxygen atoms in total. The minimum Gasteiger partial charge on any atom is -0.484 e. The Morgan fingerprint density at radius 1 is 1.64 bits per heavy atom. The Labute approximate surface area is 65.0 Å². The molecule has 58 valence electrons. The topological polar surface area (TPSA) is 31.4 Å². The van der Waals surface area contributed by atoms with Crippen molar-refractivity contribution in [1.29, 1.82) is 0 Å². The monoisotopic (exact) mass is 151 g/mol. The van der Waals surface area contributed by atoms with E-state index >= 15 is 0 Å². The molecule has 0 aromatic carbocycles. The van der Waals surface area contributed by atoms with E-state index in [-0.39, 0.29) is 6.10 Å². The molecule has 11 heavy (non-hydrogen) atoms. The van der Waals surface area contributed by atoms with Crippen LogP contribution in [-0.2, 0) is 0 Å². The minimum absolute atomic E-state index is 0.109. The van der Waals surface area contributed by atoms with E-state index in [1.165, 1.54) is 0 Å². The Balaban J connectivity index is 2.34. The van der Waals surface area contributed by atoms with E-state index in [1.54, 1.807) is 6.20 Å². The average Bonchev–Trinajstić information content (AvgIpc) is 2.04. The lowest BCUT2D eigenvalue weighted by Gasteiger charge is -2.22. The first-order valence-corrected chi connectivity index (χ1v) is 3.61. The van der Waals surface area contributed by atoms with E-state index in [0.29, 0.717) is 12.5 Å². The fourth-order valence-electron chi connectivity index (χ4n) is 1.01. The third-order valence-electron chi connectivity index (χ3n) is 1.52. The number of pyridine rings is 1. The van der Waals surface area contributed by atoms with Crippen molar-refractivity contribution < 1.29 is 9.47 Å². The fraction of sp³-hybridized carbons (Fsp3) is 0.375. The van der Waals surface area contributed by atoms with E-state index in [1.807, 2.05) is 19.1 Å². The van der Waals surface area contributed by atoms with Crippen LogP contribution in [0.5, 0.6) is 11.6 Å². The second-order valence-corrected chi connectivity index (χ2v) is 2.55. The number of hydrogen-bond acceptors (Lipinski definition) is 3. The Hall–Kier alpha value is -1.25. The van der Waals surface area contributed by atoms with Crippen molar-refractivity contribution in [3.05, 3.63) is 18.3 Å². The van der Waals surface area contributed by atoms with E-state index in [2.05, 4.69) is 4.98 Å². The van der Waals surface area contributed by atoms with Gasteiger partial charge in [-0.1, -0.05) is 0 Å². The van der Waals surface area contributed by atoms with Gasteiger partial charge in [-0.2, -0.15) is 0 Å². The maximum atomic E-state index is 5.40. The number of ether oxygens (including phenoxy) is 2. The summed E-state index contributed by atoms with van der Waals surface area (Å²) < 4.78 is 10.7. The van der Waals surface area contributed by atoms with E-state index < -0.39 is 0 Å². The van der Waals surface area contributed by atoms with Gasteiger partial charge in [0.05, 0.1) is 0 Å². The molecule has 0 aliphatic carbocycles. The second kappa shape index (κ2) is 2.42. The highest BCUT2D eigenvalue weighted by Crippen LogP contribution is 2.27. The van der Waals surface area contributed by atoms with Gasteiger partial charge >= 0.3 is 0 Å². The molecule has 0 saturated carbocycles. The lowest BCUT2D eigenvalue weighted by molar-refractivity contribution is 0.0978. The summed E-state index contributed by atoms with van der Waals surface area (Å²) in [5.74, 6) is 1.34. The molecule has 0 fully saturated rings. The van der Waals surface area contributed by atoms with E-state index in [9.17, 15) is 0 Å². The standard InChI is InChI=1S/C8H9NO2/c1-6-5-10-7-3-2-4-9-8(7)11-6/h2-4,6H,5H2,1H3. The van der Waals surface area contributed by atoms with Crippen LogP contribution in [0.15, 0.2) is 18.3 Å². The zero-order chi connectivity index (χ0) is 7.68. The molecule has 0 radical (unpaired) electrons. The van der Waals surface area contributed by atoms with Gasteiger partial charge in [0.2, 0.25) is 0 Å². The number of nitrogens with zero attached hydrogens (tertiary/aromatic N) is 1. The van der Waals surface area contributed by atoms with Gasteiger partial charge in [0.25, 0.3) is 5.88 Å². The summed E-state index contributed by atoms with van der Waals surface area (Å²) in [6.45, 7) is 2.57. The summed E-state index contributed by atoms with van der Waals surface area (Å²) in [4.78, 5) is 4.02. The molecular formula is C8H9NO2. The minimum atomic E-state index is 0.109. The molecule has 2 heterocycles. The normalized spacial score (nSPS) is 21.4. The first-order chi connectivity index (χ1) is 5.36. The Bertz CT molecular complexity index is 262. The first kappa shape index (κ1) is 6.46. The number of aromatic nitrogens is 1. The third kappa shape index (κ3) is 1.13. The van der Waals surface area contributed by atoms with Gasteiger partial charge in [0, 0.05) is 6.20 Å². The molecule has 1 aromatic rings. The van der Waals surface area contributed by atoms with Crippen molar-refractivity contribution in [3.8, 4) is 11.6 Å². The van der Waals surface area contributed by atoms with Gasteiger partial charge in [-0.05, 0) is 19.1 Å². The molecule has 1 aliphatic rings. The summed E-state index contributed by atoms with van der Waals surface area (Å²) in [7, 11) is 0. The summed E-state index contributed by atoms with van der Waals surface area (Å²) >= 11 is 0. The summed E-state index contributed by atoms with van der Waals surface area (Å²) in [6, 6.07) is 3.69. The maximum absolute atomic E-state index is 5.40. The Kier molecular flexibility index (Phi) is 1.42. The number of hydrogen-bond donors (Lipinski definition) is 0. The van der Waals surface area contributed by atoms with Gasteiger partial charge in [-0.3, -0.25) is 0 Å². The van der Waals surface area contributed by atoms with Gasteiger partial charge in [-0.25, -0.2) is 4.98 Å². The van der Waals surface area contributed by atoms with Crippen molar-refractivity contribution in [2.45, 2.75) is 13.0 Å². The highest BCUT2D eigenvalue weighted by molar-refractivity contribution is 5.33. The molecule has 1 aromatic heterocycles. The van der Waals surface area contributed by atoms with Crippen LogP contribution in [0.1, 0.15) is 6.92 Å². The van der Waals surface area contributed by atoms with Crippen LogP contribution in [0.3, 0.4) is 0 Å². The predicted octanol–water partition coefficient (Wildman–Crippen LogP) is 1.24. The van der Waals surface area contributed by atoms with Crippen molar-refractivity contribution in [2.75, 3.05) is 6.61 Å². The van der Waals surface area contributed by atoms with Crippen LogP contribution in [0.25, 0.3) is 0 Å². The predicted molar refractivity (Wildman–Crippen MR) is 39.8 cm³/mol. The summed E-state index contributed by atoms with van der Waals surface area (Å²) in [5, 5.41) is 0. The maximum Gasteiger partial charge on any atom is 0.257 e. The highest BCUT2D eigenvalue weighted by atomic mass is 16.6. The molecule has 1 atom stereocenters. The van der Waals surface area contributed by atoms with Gasteiger partial charge in [0.1, 0.15) is 12.7 Å². The van der Waals surface area contributed by atoms with Crippen molar-refractivity contribution in [3.63, 3.8) is 0 Å². The largest absolute Gasteiger partial charge is 0.484 e. The van der Waals surface area contributed by atoms with Gasteiger partial charge in [0.15, 0.2) is 5.75 Å². The first-order valence-electron chi connectivity index (χ1n) is 3.61. The van der Waals surface area contributed by atoms with Gasteiger partial charge < -0.3 is 9.47 Å². The zero-order valence-electron chi connectivity index (χ0n) is 6.28. The van der Waals surface area contributed by atoms with E-state index in [4.69, 9.17) is 9.47 Å². The SMILES string of the molecule is CC1COc2cccnc2O1. The van der Waals surface area contributed by atoms with Crippen LogP contribution in [0, 0.1) is 0 Å². The molecule has 0 amide bonds. The molecule has 1 aliphatic heterocycles. The Morgan fingerprint density at radius 3 is 3.45 bits per heavy atom. The van der Waals surface area contributed by atoms with Crippen molar-refractivity contribution >= 4 is 0 Å². The quantitative estimate of drug-likeness (QED) is 0.559. The molecular weight excluding hydrogens is 142 g/mol. The molecule has 1 unspecified atom stereocenters. The third-order valence-corrected chi connectivity index (χ3v) is 1.52. The average molecular weight is 151 g/mol. The Morgan fingerprint density at radius 2 is 2.55 bits per heavy atom. The van der Waals surface area contributed by atoms with Crippen LogP contribution in [-0.4, -0.2) is 17.7 Å². The molecule has 0 bridgehead atoms.